The fourth-order valence-electron chi connectivity index (χ4n) is 5.89. The summed E-state index contributed by atoms with van der Waals surface area (Å²) < 4.78 is 0. The zero-order valence-corrected chi connectivity index (χ0v) is 23.0. The molecule has 0 aromatic carbocycles. The van der Waals surface area contributed by atoms with Crippen LogP contribution in [0.4, 0.5) is 0 Å². The first-order chi connectivity index (χ1) is 17.4. The van der Waals surface area contributed by atoms with Crippen molar-refractivity contribution < 1.29 is 0 Å². The molecule has 3 heterocycles. The Bertz CT molecular complexity index is 656. The molecule has 0 aromatic rings. The molecule has 0 aromatic heterocycles. The molecule has 35 heavy (non-hydrogen) atoms. The van der Waals surface area contributed by atoms with Crippen LogP contribution in [0.5, 0.6) is 0 Å². The summed E-state index contributed by atoms with van der Waals surface area (Å²) in [5.74, 6) is 0. The third kappa shape index (κ3) is 13.4. The molecule has 0 amide bonds. The number of allylic oxidation sites excluding steroid dienone is 4. The first-order valence-electron chi connectivity index (χ1n) is 15.6. The van der Waals surface area contributed by atoms with E-state index in [1.165, 1.54) is 148 Å². The van der Waals surface area contributed by atoms with Crippen molar-refractivity contribution in [3.63, 3.8) is 0 Å². The van der Waals surface area contributed by atoms with Gasteiger partial charge in [0, 0.05) is 38.6 Å². The Morgan fingerprint density at radius 3 is 1.06 bits per heavy atom. The van der Waals surface area contributed by atoms with Gasteiger partial charge in [-0.25, -0.2) is 0 Å². The SMILES string of the molecule is C1=CC2=CN(C1)CCCCCCCCCCCCCC1=CN(CC=C1)CCCCCCCCCC2. The van der Waals surface area contributed by atoms with Crippen molar-refractivity contribution in [1.82, 2.24) is 9.80 Å². The monoisotopic (exact) mass is 480 g/mol. The van der Waals surface area contributed by atoms with Gasteiger partial charge >= 0.3 is 0 Å². The van der Waals surface area contributed by atoms with Gasteiger partial charge in [-0.3, -0.25) is 0 Å². The average molecular weight is 481 g/mol. The first kappa shape index (κ1) is 28.1. The van der Waals surface area contributed by atoms with E-state index in [4.69, 9.17) is 0 Å². The molecule has 2 nitrogen and oxygen atoms in total. The fourth-order valence-corrected chi connectivity index (χ4v) is 5.89. The van der Waals surface area contributed by atoms with Crippen molar-refractivity contribution in [2.24, 2.45) is 0 Å². The molecule has 4 bridgehead atoms. The van der Waals surface area contributed by atoms with E-state index in [0.29, 0.717) is 0 Å². The van der Waals surface area contributed by atoms with Gasteiger partial charge in [0.15, 0.2) is 0 Å². The van der Waals surface area contributed by atoms with Crippen LogP contribution in [0.1, 0.15) is 135 Å². The molecule has 3 rings (SSSR count). The topological polar surface area (TPSA) is 6.48 Å². The Hall–Kier alpha value is -1.44. The second kappa shape index (κ2) is 18.8. The molecule has 2 heteroatoms. The summed E-state index contributed by atoms with van der Waals surface area (Å²) in [6.45, 7) is 4.73. The molecule has 0 radical (unpaired) electrons. The van der Waals surface area contributed by atoms with Crippen LogP contribution >= 0.6 is 0 Å². The average Bonchev–Trinajstić information content (AvgIpc) is 2.88. The van der Waals surface area contributed by atoms with Gasteiger partial charge in [-0.1, -0.05) is 121 Å². The second-order valence-corrected chi connectivity index (χ2v) is 11.4. The highest BCUT2D eigenvalue weighted by Crippen LogP contribution is 2.20. The Morgan fingerprint density at radius 1 is 0.371 bits per heavy atom. The lowest BCUT2D eigenvalue weighted by Gasteiger charge is -2.23. The van der Waals surface area contributed by atoms with Gasteiger partial charge in [-0.05, 0) is 49.7 Å². The van der Waals surface area contributed by atoms with Crippen molar-refractivity contribution >= 4 is 0 Å². The standard InChI is InChI=1S/C33H56N2/c1-2-4-8-12-16-22-32-24-20-29-35(30-32)27-19-15-11-7-5-9-13-17-23-33-25-21-28-34(31-33)26-18-14-10-6-3-1/h20-21,24-25,30-31H,1-19,22-23,26-29H2. The second-order valence-electron chi connectivity index (χ2n) is 11.4. The molecule has 198 valence electrons. The largest absolute Gasteiger partial charge is 0.373 e. The van der Waals surface area contributed by atoms with Crippen LogP contribution in [0.2, 0.25) is 0 Å². The quantitative estimate of drug-likeness (QED) is 0.340. The Kier molecular flexibility index (Phi) is 15.1. The van der Waals surface area contributed by atoms with Gasteiger partial charge in [0.2, 0.25) is 0 Å². The minimum atomic E-state index is 1.12. The minimum absolute atomic E-state index is 1.12. The van der Waals surface area contributed by atoms with Crippen molar-refractivity contribution in [1.29, 1.82) is 0 Å². The van der Waals surface area contributed by atoms with Gasteiger partial charge < -0.3 is 9.80 Å². The van der Waals surface area contributed by atoms with Crippen LogP contribution in [-0.4, -0.2) is 36.0 Å². The summed E-state index contributed by atoms with van der Waals surface area (Å²) in [5, 5.41) is 0. The number of nitrogens with zero attached hydrogens (tertiary/aromatic N) is 2. The highest BCUT2D eigenvalue weighted by molar-refractivity contribution is 5.22. The molecule has 0 fully saturated rings. The minimum Gasteiger partial charge on any atom is -0.373 e. The summed E-state index contributed by atoms with van der Waals surface area (Å²) in [5.41, 5.74) is 3.12. The van der Waals surface area contributed by atoms with Crippen LogP contribution in [0.15, 0.2) is 47.9 Å². The van der Waals surface area contributed by atoms with Crippen LogP contribution in [-0.2, 0) is 0 Å². The summed E-state index contributed by atoms with van der Waals surface area (Å²) in [7, 11) is 0. The molecule has 0 atom stereocenters. The molecule has 0 aliphatic carbocycles. The Morgan fingerprint density at radius 2 is 0.686 bits per heavy atom. The zero-order valence-electron chi connectivity index (χ0n) is 23.0. The summed E-state index contributed by atoms with van der Waals surface area (Å²) >= 11 is 0. The molecular weight excluding hydrogens is 424 g/mol. The van der Waals surface area contributed by atoms with E-state index >= 15 is 0 Å². The van der Waals surface area contributed by atoms with Crippen molar-refractivity contribution in [2.45, 2.75) is 135 Å². The molecule has 0 saturated carbocycles. The van der Waals surface area contributed by atoms with Crippen LogP contribution < -0.4 is 0 Å². The maximum Gasteiger partial charge on any atom is 0.0357 e. The highest BCUT2D eigenvalue weighted by atomic mass is 15.1. The summed E-state index contributed by atoms with van der Waals surface area (Å²) in [6.07, 6.45) is 43.9. The van der Waals surface area contributed by atoms with Crippen molar-refractivity contribution in [3.8, 4) is 0 Å². The van der Waals surface area contributed by atoms with E-state index in [-0.39, 0.29) is 0 Å². The number of fused-ring (bicyclic) bond motifs is 2. The van der Waals surface area contributed by atoms with Crippen LogP contribution in [0.25, 0.3) is 0 Å². The lowest BCUT2D eigenvalue weighted by molar-refractivity contribution is 0.387. The highest BCUT2D eigenvalue weighted by Gasteiger charge is 2.07. The molecule has 3 aliphatic heterocycles. The predicted octanol–water partition coefficient (Wildman–Crippen LogP) is 9.70. The summed E-state index contributed by atoms with van der Waals surface area (Å²) in [4.78, 5) is 5.12. The van der Waals surface area contributed by atoms with Gasteiger partial charge in [0.25, 0.3) is 0 Å². The van der Waals surface area contributed by atoms with Crippen molar-refractivity contribution in [3.05, 3.63) is 47.9 Å². The smallest absolute Gasteiger partial charge is 0.0357 e. The van der Waals surface area contributed by atoms with E-state index in [9.17, 15) is 0 Å². The van der Waals surface area contributed by atoms with E-state index in [1.807, 2.05) is 0 Å². The van der Waals surface area contributed by atoms with Gasteiger partial charge in [-0.2, -0.15) is 0 Å². The Balaban J connectivity index is 1.34. The normalized spacial score (nSPS) is 24.0. The Labute approximate surface area is 218 Å². The third-order valence-electron chi connectivity index (χ3n) is 8.11. The molecule has 0 unspecified atom stereocenters. The molecule has 3 aliphatic rings. The van der Waals surface area contributed by atoms with Crippen LogP contribution in [0.3, 0.4) is 0 Å². The third-order valence-corrected chi connectivity index (χ3v) is 8.11. The van der Waals surface area contributed by atoms with Crippen molar-refractivity contribution in [2.75, 3.05) is 26.2 Å². The van der Waals surface area contributed by atoms with E-state index in [0.717, 1.165) is 13.1 Å². The fraction of sp³-hybridized carbons (Fsp3) is 0.758. The lowest BCUT2D eigenvalue weighted by Crippen LogP contribution is -2.21. The molecule has 0 spiro atoms. The molecular formula is C33H56N2. The maximum atomic E-state index is 2.56. The number of rotatable bonds is 0. The first-order valence-corrected chi connectivity index (χ1v) is 15.6. The van der Waals surface area contributed by atoms with E-state index in [1.54, 1.807) is 11.1 Å². The van der Waals surface area contributed by atoms with E-state index in [2.05, 4.69) is 46.5 Å². The van der Waals surface area contributed by atoms with Gasteiger partial charge in [-0.15, -0.1) is 0 Å². The van der Waals surface area contributed by atoms with Gasteiger partial charge in [0.05, 0.1) is 0 Å². The lowest BCUT2D eigenvalue weighted by atomic mass is 10.0. The summed E-state index contributed by atoms with van der Waals surface area (Å²) in [6, 6.07) is 0. The number of hydrogen-bond acceptors (Lipinski definition) is 2. The predicted molar refractivity (Wildman–Crippen MR) is 155 cm³/mol. The maximum absolute atomic E-state index is 2.56. The molecule has 0 N–H and O–H groups in total. The number of hydrogen-bond donors (Lipinski definition) is 0. The van der Waals surface area contributed by atoms with E-state index < -0.39 is 0 Å². The molecule has 0 saturated heterocycles. The zero-order chi connectivity index (χ0) is 24.2. The van der Waals surface area contributed by atoms with Gasteiger partial charge in [0.1, 0.15) is 0 Å². The van der Waals surface area contributed by atoms with Crippen LogP contribution in [0, 0.1) is 0 Å².